The Labute approximate surface area is 143 Å². The molecule has 0 aromatic heterocycles. The first-order chi connectivity index (χ1) is 11.3. The highest BCUT2D eigenvalue weighted by molar-refractivity contribution is 8.00. The van der Waals surface area contributed by atoms with Crippen LogP contribution in [0.1, 0.15) is 0 Å². The molecule has 0 saturated carbocycles. The molecule has 0 radical (unpaired) electrons. The van der Waals surface area contributed by atoms with Crippen molar-refractivity contribution in [2.75, 3.05) is 20.3 Å². The molecule has 2 fully saturated rings. The number of methoxy groups -OCH3 is 1. The number of aliphatic hydroxyl groups excluding tert-OH is 7. The molecule has 0 aromatic rings. The number of thioether (sulfide) groups is 1. The standard InChI is InChI=1S/C13H25NO9S/c1-22-13-6(9(19)7(17)4(2-15)23-13)14-12-11(21)10(20)8(18)5(3-16)24-12/h4-21H,2-3H2,1H3/t4-,5-,6-,7-,8-,9-,10+,11-,12+,13-/m1/s1. The summed E-state index contributed by atoms with van der Waals surface area (Å²) < 4.78 is 10.5. The van der Waals surface area contributed by atoms with Crippen molar-refractivity contribution in [2.45, 2.75) is 59.6 Å². The van der Waals surface area contributed by atoms with Crippen molar-refractivity contribution in [1.82, 2.24) is 5.32 Å². The molecule has 10 atom stereocenters. The van der Waals surface area contributed by atoms with Gasteiger partial charge in [-0.1, -0.05) is 0 Å². The van der Waals surface area contributed by atoms with E-state index in [2.05, 4.69) is 5.32 Å². The molecular weight excluding hydrogens is 346 g/mol. The third kappa shape index (κ3) is 3.86. The smallest absolute Gasteiger partial charge is 0.175 e. The van der Waals surface area contributed by atoms with Crippen LogP contribution < -0.4 is 5.32 Å². The molecule has 2 heterocycles. The molecule has 0 aliphatic carbocycles. The Kier molecular flexibility index (Phi) is 7.22. The van der Waals surface area contributed by atoms with Gasteiger partial charge in [-0.2, -0.15) is 0 Å². The van der Waals surface area contributed by atoms with Gasteiger partial charge >= 0.3 is 0 Å². The number of hydrogen-bond acceptors (Lipinski definition) is 11. The summed E-state index contributed by atoms with van der Waals surface area (Å²) >= 11 is 0.993. The first-order valence-electron chi connectivity index (χ1n) is 7.57. The minimum absolute atomic E-state index is 0.416. The quantitative estimate of drug-likeness (QED) is 0.234. The predicted octanol–water partition coefficient (Wildman–Crippen LogP) is -4.45. The maximum Gasteiger partial charge on any atom is 0.175 e. The molecular formula is C13H25NO9S. The fraction of sp³-hybridized carbons (Fsp3) is 1.00. The van der Waals surface area contributed by atoms with Crippen LogP contribution in [0.15, 0.2) is 0 Å². The van der Waals surface area contributed by atoms with Crippen LogP contribution in [0.3, 0.4) is 0 Å². The maximum absolute atomic E-state index is 10.3. The highest BCUT2D eigenvalue weighted by atomic mass is 32.2. The summed E-state index contributed by atoms with van der Waals surface area (Å²) in [7, 11) is 1.32. The molecule has 142 valence electrons. The number of rotatable bonds is 5. The van der Waals surface area contributed by atoms with E-state index in [1.165, 1.54) is 7.11 Å². The van der Waals surface area contributed by atoms with E-state index in [1.807, 2.05) is 0 Å². The largest absolute Gasteiger partial charge is 0.395 e. The second-order valence-electron chi connectivity index (χ2n) is 5.88. The van der Waals surface area contributed by atoms with Crippen molar-refractivity contribution in [3.05, 3.63) is 0 Å². The second-order valence-corrected chi connectivity index (χ2v) is 7.27. The lowest BCUT2D eigenvalue weighted by Gasteiger charge is -2.46. The molecule has 0 unspecified atom stereocenters. The van der Waals surface area contributed by atoms with Gasteiger partial charge < -0.3 is 45.2 Å². The first-order valence-corrected chi connectivity index (χ1v) is 8.51. The van der Waals surface area contributed by atoms with E-state index >= 15 is 0 Å². The van der Waals surface area contributed by atoms with E-state index in [1.54, 1.807) is 0 Å². The molecule has 2 aliphatic heterocycles. The van der Waals surface area contributed by atoms with E-state index in [0.717, 1.165) is 11.8 Å². The SMILES string of the molecule is CO[C@@H]1O[C@H](CO)[C@@H](O)[C@H](O)[C@H]1N[C@H]1S[C@H](CO)[C@@H](O)[C@H](O)[C@H]1O. The lowest BCUT2D eigenvalue weighted by molar-refractivity contribution is -0.264. The minimum atomic E-state index is -1.49. The summed E-state index contributed by atoms with van der Waals surface area (Å²) in [4.78, 5) is 0. The van der Waals surface area contributed by atoms with Gasteiger partial charge in [-0.3, -0.25) is 5.32 Å². The summed E-state index contributed by atoms with van der Waals surface area (Å²) in [6, 6.07) is -0.971. The third-order valence-corrected chi connectivity index (χ3v) is 5.85. The number of nitrogens with one attached hydrogen (secondary N) is 1. The molecule has 10 nitrogen and oxygen atoms in total. The van der Waals surface area contributed by atoms with Gasteiger partial charge in [-0.05, 0) is 0 Å². The van der Waals surface area contributed by atoms with Crippen LogP contribution in [0.2, 0.25) is 0 Å². The van der Waals surface area contributed by atoms with E-state index in [9.17, 15) is 30.6 Å². The fourth-order valence-corrected chi connectivity index (χ4v) is 4.23. The molecule has 0 spiro atoms. The van der Waals surface area contributed by atoms with E-state index in [0.29, 0.717) is 0 Å². The topological polar surface area (TPSA) is 172 Å². The minimum Gasteiger partial charge on any atom is -0.395 e. The van der Waals surface area contributed by atoms with Gasteiger partial charge in [0.2, 0.25) is 0 Å². The van der Waals surface area contributed by atoms with Gasteiger partial charge in [-0.25, -0.2) is 0 Å². The highest BCUT2D eigenvalue weighted by Crippen LogP contribution is 2.33. The fourth-order valence-electron chi connectivity index (χ4n) is 2.89. The van der Waals surface area contributed by atoms with E-state index in [4.69, 9.17) is 14.6 Å². The Morgan fingerprint density at radius 3 is 2.12 bits per heavy atom. The first kappa shape index (κ1) is 20.3. The van der Waals surface area contributed by atoms with Gasteiger partial charge in [0.1, 0.15) is 30.5 Å². The van der Waals surface area contributed by atoms with Gasteiger partial charge in [0, 0.05) is 7.11 Å². The van der Waals surface area contributed by atoms with Crippen LogP contribution >= 0.6 is 11.8 Å². The number of aliphatic hydroxyl groups is 7. The zero-order chi connectivity index (χ0) is 18.0. The zero-order valence-corrected chi connectivity index (χ0v) is 13.9. The average molecular weight is 371 g/mol. The Morgan fingerprint density at radius 2 is 1.58 bits per heavy atom. The predicted molar refractivity (Wildman–Crippen MR) is 82.0 cm³/mol. The van der Waals surface area contributed by atoms with Crippen LogP contribution in [0.25, 0.3) is 0 Å². The van der Waals surface area contributed by atoms with Gasteiger partial charge in [0.15, 0.2) is 6.29 Å². The van der Waals surface area contributed by atoms with Crippen molar-refractivity contribution in [3.63, 3.8) is 0 Å². The molecule has 2 aliphatic rings. The van der Waals surface area contributed by atoms with Gasteiger partial charge in [0.05, 0.1) is 36.0 Å². The lowest BCUT2D eigenvalue weighted by atomic mass is 9.96. The number of hydrogen-bond donors (Lipinski definition) is 8. The van der Waals surface area contributed by atoms with Gasteiger partial charge in [0.25, 0.3) is 0 Å². The summed E-state index contributed by atoms with van der Waals surface area (Å²) in [5.74, 6) is 0. The highest BCUT2D eigenvalue weighted by Gasteiger charge is 2.49. The normalized spacial score (nSPS) is 50.0. The Balaban J connectivity index is 2.12. The van der Waals surface area contributed by atoms with E-state index in [-0.39, 0.29) is 0 Å². The van der Waals surface area contributed by atoms with Crippen LogP contribution in [-0.4, -0.2) is 116 Å². The zero-order valence-electron chi connectivity index (χ0n) is 13.0. The molecule has 0 amide bonds. The molecule has 0 bridgehead atoms. The molecule has 2 rings (SSSR count). The maximum atomic E-state index is 10.3. The van der Waals surface area contributed by atoms with Crippen molar-refractivity contribution < 1.29 is 45.2 Å². The van der Waals surface area contributed by atoms with Crippen LogP contribution in [0.4, 0.5) is 0 Å². The number of ether oxygens (including phenoxy) is 2. The summed E-state index contributed by atoms with van der Waals surface area (Å²) in [5.41, 5.74) is 0. The Morgan fingerprint density at radius 1 is 0.917 bits per heavy atom. The summed E-state index contributed by atoms with van der Waals surface area (Å²) in [6.45, 7) is -0.927. The molecule has 8 N–H and O–H groups in total. The summed E-state index contributed by atoms with van der Waals surface area (Å²) in [5, 5.41) is 69.8. The van der Waals surface area contributed by atoms with Crippen LogP contribution in [-0.2, 0) is 9.47 Å². The van der Waals surface area contributed by atoms with Gasteiger partial charge in [-0.15, -0.1) is 11.8 Å². The third-order valence-electron chi connectivity index (χ3n) is 4.36. The molecule has 2 saturated heterocycles. The monoisotopic (exact) mass is 371 g/mol. The average Bonchev–Trinajstić information content (AvgIpc) is 2.59. The van der Waals surface area contributed by atoms with Crippen molar-refractivity contribution in [2.24, 2.45) is 0 Å². The van der Waals surface area contributed by atoms with Crippen molar-refractivity contribution in [3.8, 4) is 0 Å². The van der Waals surface area contributed by atoms with Crippen LogP contribution in [0, 0.1) is 0 Å². The molecule has 0 aromatic carbocycles. The van der Waals surface area contributed by atoms with Crippen molar-refractivity contribution in [1.29, 1.82) is 0 Å². The second kappa shape index (κ2) is 8.56. The van der Waals surface area contributed by atoms with Crippen molar-refractivity contribution >= 4 is 11.8 Å². The van der Waals surface area contributed by atoms with Crippen LogP contribution in [0.5, 0.6) is 0 Å². The summed E-state index contributed by atoms with van der Waals surface area (Å²) in [6.07, 6.45) is -8.97. The lowest BCUT2D eigenvalue weighted by Crippen LogP contribution is -2.68. The molecule has 11 heteroatoms. The Bertz CT molecular complexity index is 402. The van der Waals surface area contributed by atoms with E-state index < -0.39 is 72.8 Å². The molecule has 24 heavy (non-hydrogen) atoms. The Hall–Kier alpha value is -0.0500.